The van der Waals surface area contributed by atoms with E-state index in [0.29, 0.717) is 27.4 Å². The lowest BCUT2D eigenvalue weighted by Gasteiger charge is -2.14. The van der Waals surface area contributed by atoms with Crippen LogP contribution in [0.4, 0.5) is 14.5 Å². The number of imidazole rings is 1. The molecular formula is C22H15F2N3O3S2. The fourth-order valence-electron chi connectivity index (χ4n) is 3.35. The molecule has 0 aliphatic heterocycles. The van der Waals surface area contributed by atoms with Gasteiger partial charge in [-0.15, -0.1) is 22.7 Å². The number of hydrogen-bond donors (Lipinski definition) is 1. The van der Waals surface area contributed by atoms with Crippen molar-refractivity contribution in [3.8, 4) is 22.6 Å². The van der Waals surface area contributed by atoms with Gasteiger partial charge in [-0.25, -0.2) is 4.98 Å². The van der Waals surface area contributed by atoms with Gasteiger partial charge < -0.3 is 14.8 Å². The number of nitrogens with one attached hydrogen (secondary N) is 1. The van der Waals surface area contributed by atoms with Gasteiger partial charge in [-0.05, 0) is 42.0 Å². The fraction of sp³-hybridized carbons (Fsp3) is 0.0909. The van der Waals surface area contributed by atoms with Crippen molar-refractivity contribution in [3.05, 3.63) is 65.0 Å². The van der Waals surface area contributed by atoms with Crippen LogP contribution in [0.25, 0.3) is 26.4 Å². The Balaban J connectivity index is 1.45. The summed E-state index contributed by atoms with van der Waals surface area (Å²) >= 11 is 2.82. The summed E-state index contributed by atoms with van der Waals surface area (Å²) in [6.45, 7) is -2.97. The standard InChI is InChI=1S/C22H15F2N3O3S2/c1-29-14-5-2-12(3-6-14)15-10-13(4-7-17(15)30-21(23)24)25-19(28)18-11-16-20(32-18)26-22-27(16)8-9-31-22/h2-11,21H,1H3,(H,25,28). The highest BCUT2D eigenvalue weighted by atomic mass is 32.1. The van der Waals surface area contributed by atoms with Gasteiger partial charge >= 0.3 is 6.61 Å². The van der Waals surface area contributed by atoms with Crippen LogP contribution in [0.2, 0.25) is 0 Å². The third-order valence-electron chi connectivity index (χ3n) is 4.82. The number of carbonyl (C=O) groups excluding carboxylic acids is 1. The van der Waals surface area contributed by atoms with E-state index in [4.69, 9.17) is 4.74 Å². The van der Waals surface area contributed by atoms with Crippen LogP contribution in [0.15, 0.2) is 60.1 Å². The first-order valence-corrected chi connectivity index (χ1v) is 11.1. The monoisotopic (exact) mass is 471 g/mol. The SMILES string of the molecule is COc1ccc(-c2cc(NC(=O)c3cc4c(nc5sccn54)s3)ccc2OC(F)F)cc1. The minimum Gasteiger partial charge on any atom is -0.497 e. The van der Waals surface area contributed by atoms with Gasteiger partial charge in [0.15, 0.2) is 4.96 Å². The summed E-state index contributed by atoms with van der Waals surface area (Å²) in [7, 11) is 1.54. The minimum atomic E-state index is -2.97. The molecule has 3 heterocycles. The van der Waals surface area contributed by atoms with Crippen molar-refractivity contribution in [2.75, 3.05) is 12.4 Å². The Bertz CT molecular complexity index is 1420. The van der Waals surface area contributed by atoms with E-state index in [1.807, 2.05) is 16.0 Å². The number of nitrogens with zero attached hydrogens (tertiary/aromatic N) is 2. The maximum absolute atomic E-state index is 12.9. The lowest BCUT2D eigenvalue weighted by atomic mass is 10.0. The van der Waals surface area contributed by atoms with E-state index in [1.54, 1.807) is 43.5 Å². The number of alkyl halides is 2. The molecule has 0 bridgehead atoms. The van der Waals surface area contributed by atoms with Gasteiger partial charge in [0.1, 0.15) is 16.3 Å². The number of fused-ring (bicyclic) bond motifs is 3. The summed E-state index contributed by atoms with van der Waals surface area (Å²) in [5, 5.41) is 4.77. The summed E-state index contributed by atoms with van der Waals surface area (Å²) < 4.78 is 37.6. The Labute approximate surface area is 188 Å². The third kappa shape index (κ3) is 3.78. The van der Waals surface area contributed by atoms with Gasteiger partial charge in [-0.3, -0.25) is 9.20 Å². The van der Waals surface area contributed by atoms with Crippen molar-refractivity contribution in [1.29, 1.82) is 0 Å². The lowest BCUT2D eigenvalue weighted by Crippen LogP contribution is -2.10. The zero-order valence-electron chi connectivity index (χ0n) is 16.5. The molecule has 0 aliphatic rings. The Morgan fingerprint density at radius 1 is 1.16 bits per heavy atom. The number of ether oxygens (including phenoxy) is 2. The van der Waals surface area contributed by atoms with Crippen molar-refractivity contribution in [2.24, 2.45) is 0 Å². The number of anilines is 1. The van der Waals surface area contributed by atoms with Gasteiger partial charge in [-0.1, -0.05) is 12.1 Å². The zero-order valence-corrected chi connectivity index (χ0v) is 18.2. The molecule has 162 valence electrons. The number of aromatic nitrogens is 2. The number of rotatable bonds is 6. The predicted molar refractivity (Wildman–Crippen MR) is 121 cm³/mol. The van der Waals surface area contributed by atoms with Gasteiger partial charge in [0.05, 0.1) is 17.5 Å². The van der Waals surface area contributed by atoms with Crippen LogP contribution < -0.4 is 14.8 Å². The number of carbonyl (C=O) groups is 1. The molecule has 0 spiro atoms. The van der Waals surface area contributed by atoms with Crippen LogP contribution in [0.5, 0.6) is 11.5 Å². The highest BCUT2D eigenvalue weighted by Crippen LogP contribution is 2.35. The second-order valence-corrected chi connectivity index (χ2v) is 8.64. The lowest BCUT2D eigenvalue weighted by molar-refractivity contribution is -0.0494. The average molecular weight is 472 g/mol. The molecule has 0 radical (unpaired) electrons. The maximum atomic E-state index is 12.9. The Morgan fingerprint density at radius 3 is 2.72 bits per heavy atom. The zero-order chi connectivity index (χ0) is 22.2. The summed E-state index contributed by atoms with van der Waals surface area (Å²) in [6.07, 6.45) is 1.91. The first-order chi connectivity index (χ1) is 15.5. The topological polar surface area (TPSA) is 64.9 Å². The molecule has 2 aromatic carbocycles. The Kier molecular flexibility index (Phi) is 5.24. The van der Waals surface area contributed by atoms with E-state index in [0.717, 1.165) is 15.3 Å². The number of halogens is 2. The highest BCUT2D eigenvalue weighted by Gasteiger charge is 2.17. The summed E-state index contributed by atoms with van der Waals surface area (Å²) in [4.78, 5) is 19.5. The average Bonchev–Trinajstić information content (AvgIpc) is 3.47. The van der Waals surface area contributed by atoms with Crippen molar-refractivity contribution in [2.45, 2.75) is 6.61 Å². The molecule has 0 saturated heterocycles. The molecule has 1 N–H and O–H groups in total. The number of thiazole rings is 1. The quantitative estimate of drug-likeness (QED) is 0.323. The van der Waals surface area contributed by atoms with Gasteiger partial charge in [0.25, 0.3) is 5.91 Å². The van der Waals surface area contributed by atoms with Gasteiger partial charge in [-0.2, -0.15) is 8.78 Å². The van der Waals surface area contributed by atoms with Crippen molar-refractivity contribution in [1.82, 2.24) is 9.38 Å². The van der Waals surface area contributed by atoms with Crippen LogP contribution >= 0.6 is 22.7 Å². The number of hydrogen-bond acceptors (Lipinski definition) is 6. The van der Waals surface area contributed by atoms with Crippen molar-refractivity contribution < 1.29 is 23.0 Å². The maximum Gasteiger partial charge on any atom is 0.387 e. The van der Waals surface area contributed by atoms with Gasteiger partial charge in [0.2, 0.25) is 0 Å². The molecule has 1 amide bonds. The second kappa shape index (κ2) is 8.21. The smallest absolute Gasteiger partial charge is 0.387 e. The van der Waals surface area contributed by atoms with Gasteiger partial charge in [0, 0.05) is 22.8 Å². The summed E-state index contributed by atoms with van der Waals surface area (Å²) in [6, 6.07) is 13.3. The molecule has 0 fully saturated rings. The molecule has 0 unspecified atom stereocenters. The van der Waals surface area contributed by atoms with Crippen LogP contribution in [-0.2, 0) is 0 Å². The van der Waals surface area contributed by atoms with E-state index in [1.165, 1.54) is 34.8 Å². The molecule has 32 heavy (non-hydrogen) atoms. The normalized spacial score (nSPS) is 11.4. The molecule has 5 aromatic rings. The first-order valence-electron chi connectivity index (χ1n) is 9.41. The van der Waals surface area contributed by atoms with E-state index in [9.17, 15) is 13.6 Å². The minimum absolute atomic E-state index is 0.0125. The summed E-state index contributed by atoms with van der Waals surface area (Å²) in [5.41, 5.74) is 2.40. The van der Waals surface area contributed by atoms with Crippen LogP contribution in [0.3, 0.4) is 0 Å². The van der Waals surface area contributed by atoms with Crippen LogP contribution in [0, 0.1) is 0 Å². The number of benzene rings is 2. The predicted octanol–water partition coefficient (Wildman–Crippen LogP) is 6.14. The number of thiophene rings is 1. The molecule has 6 nitrogen and oxygen atoms in total. The molecule has 0 saturated carbocycles. The van der Waals surface area contributed by atoms with Crippen molar-refractivity contribution >= 4 is 49.6 Å². The van der Waals surface area contributed by atoms with Crippen LogP contribution in [0.1, 0.15) is 9.67 Å². The number of amides is 1. The molecular weight excluding hydrogens is 456 g/mol. The molecule has 10 heteroatoms. The molecule has 0 aliphatic carbocycles. The summed E-state index contributed by atoms with van der Waals surface area (Å²) in [5.74, 6) is 0.344. The third-order valence-corrected chi connectivity index (χ3v) is 6.59. The largest absolute Gasteiger partial charge is 0.497 e. The second-order valence-electron chi connectivity index (χ2n) is 6.74. The molecule has 3 aromatic heterocycles. The fourth-order valence-corrected chi connectivity index (χ4v) is 5.05. The molecule has 0 atom stereocenters. The van der Waals surface area contributed by atoms with Crippen LogP contribution in [-0.4, -0.2) is 29.0 Å². The van der Waals surface area contributed by atoms with E-state index in [-0.39, 0.29) is 11.7 Å². The Morgan fingerprint density at radius 2 is 1.97 bits per heavy atom. The van der Waals surface area contributed by atoms with E-state index < -0.39 is 6.61 Å². The van der Waals surface area contributed by atoms with E-state index in [2.05, 4.69) is 15.0 Å². The van der Waals surface area contributed by atoms with Crippen molar-refractivity contribution in [3.63, 3.8) is 0 Å². The first kappa shape index (κ1) is 20.4. The Hall–Kier alpha value is -3.50. The number of methoxy groups -OCH3 is 1. The molecule has 5 rings (SSSR count). The van der Waals surface area contributed by atoms with E-state index >= 15 is 0 Å². The highest BCUT2D eigenvalue weighted by molar-refractivity contribution is 7.21.